The van der Waals surface area contributed by atoms with Gasteiger partial charge in [-0.3, -0.25) is 0 Å². The van der Waals surface area contributed by atoms with E-state index in [2.05, 4.69) is 26.1 Å². The third-order valence-corrected chi connectivity index (χ3v) is 4.61. The van der Waals surface area contributed by atoms with E-state index in [0.29, 0.717) is 5.41 Å². The minimum absolute atomic E-state index is 0.660. The molecule has 0 saturated heterocycles. The van der Waals surface area contributed by atoms with Crippen LogP contribution in [0, 0.1) is 11.3 Å². The SMILES string of the molecule is CCC1(C)CCC(NC2CC2C)CC1. The summed E-state index contributed by atoms with van der Waals surface area (Å²) < 4.78 is 0. The lowest BCUT2D eigenvalue weighted by molar-refractivity contribution is 0.176. The summed E-state index contributed by atoms with van der Waals surface area (Å²) in [5.74, 6) is 0.953. The van der Waals surface area contributed by atoms with Crippen molar-refractivity contribution < 1.29 is 0 Å². The first kappa shape index (κ1) is 10.5. The highest BCUT2D eigenvalue weighted by Gasteiger charge is 2.36. The highest BCUT2D eigenvalue weighted by molar-refractivity contribution is 4.94. The first-order valence-electron chi connectivity index (χ1n) is 6.39. The fourth-order valence-corrected chi connectivity index (χ4v) is 2.69. The van der Waals surface area contributed by atoms with E-state index >= 15 is 0 Å². The van der Waals surface area contributed by atoms with Gasteiger partial charge in [0.05, 0.1) is 0 Å². The Hall–Kier alpha value is -0.0400. The van der Waals surface area contributed by atoms with E-state index in [9.17, 15) is 0 Å². The van der Waals surface area contributed by atoms with E-state index in [4.69, 9.17) is 0 Å². The molecule has 2 aliphatic rings. The average molecular weight is 195 g/mol. The second kappa shape index (κ2) is 3.84. The van der Waals surface area contributed by atoms with Crippen LogP contribution >= 0.6 is 0 Å². The molecule has 1 N–H and O–H groups in total. The van der Waals surface area contributed by atoms with Crippen molar-refractivity contribution in [3.8, 4) is 0 Å². The predicted octanol–water partition coefficient (Wildman–Crippen LogP) is 3.34. The molecule has 0 aromatic heterocycles. The van der Waals surface area contributed by atoms with Crippen molar-refractivity contribution in [3.05, 3.63) is 0 Å². The maximum absolute atomic E-state index is 3.80. The fraction of sp³-hybridized carbons (Fsp3) is 1.00. The van der Waals surface area contributed by atoms with Gasteiger partial charge in [0.2, 0.25) is 0 Å². The molecule has 0 spiro atoms. The van der Waals surface area contributed by atoms with Crippen molar-refractivity contribution in [3.63, 3.8) is 0 Å². The van der Waals surface area contributed by atoms with Crippen molar-refractivity contribution in [2.75, 3.05) is 0 Å². The van der Waals surface area contributed by atoms with Crippen LogP contribution in [0.4, 0.5) is 0 Å². The van der Waals surface area contributed by atoms with Gasteiger partial charge in [-0.15, -0.1) is 0 Å². The summed E-state index contributed by atoms with van der Waals surface area (Å²) >= 11 is 0. The standard InChI is InChI=1S/C13H25N/c1-4-13(3)7-5-11(6-8-13)14-12-9-10(12)2/h10-12,14H,4-9H2,1-3H3. The van der Waals surface area contributed by atoms with Crippen molar-refractivity contribution >= 4 is 0 Å². The minimum atomic E-state index is 0.660. The van der Waals surface area contributed by atoms with Gasteiger partial charge in [-0.2, -0.15) is 0 Å². The largest absolute Gasteiger partial charge is 0.311 e. The zero-order chi connectivity index (χ0) is 10.2. The van der Waals surface area contributed by atoms with Gasteiger partial charge in [-0.05, 0) is 43.4 Å². The Labute approximate surface area is 88.7 Å². The van der Waals surface area contributed by atoms with Crippen LogP contribution < -0.4 is 5.32 Å². The zero-order valence-electron chi connectivity index (χ0n) is 9.97. The highest BCUT2D eigenvalue weighted by atomic mass is 15.0. The number of hydrogen-bond acceptors (Lipinski definition) is 1. The predicted molar refractivity (Wildman–Crippen MR) is 61.4 cm³/mol. The maximum atomic E-state index is 3.80. The molecule has 1 heteroatoms. The molecule has 2 aliphatic carbocycles. The van der Waals surface area contributed by atoms with Gasteiger partial charge in [0.25, 0.3) is 0 Å². The van der Waals surface area contributed by atoms with E-state index in [-0.39, 0.29) is 0 Å². The Morgan fingerprint density at radius 1 is 1.29 bits per heavy atom. The molecule has 82 valence electrons. The second-order valence-electron chi connectivity index (χ2n) is 5.92. The topological polar surface area (TPSA) is 12.0 Å². The molecule has 14 heavy (non-hydrogen) atoms. The molecular formula is C13H25N. The summed E-state index contributed by atoms with van der Waals surface area (Å²) in [6.45, 7) is 7.16. The van der Waals surface area contributed by atoms with Crippen molar-refractivity contribution in [1.29, 1.82) is 0 Å². The molecule has 0 amide bonds. The van der Waals surface area contributed by atoms with Crippen LogP contribution in [0.2, 0.25) is 0 Å². The van der Waals surface area contributed by atoms with Gasteiger partial charge < -0.3 is 5.32 Å². The quantitative estimate of drug-likeness (QED) is 0.728. The van der Waals surface area contributed by atoms with Crippen LogP contribution in [0.1, 0.15) is 59.3 Å². The van der Waals surface area contributed by atoms with E-state index in [1.54, 1.807) is 0 Å². The Bertz CT molecular complexity index is 191. The molecule has 2 atom stereocenters. The van der Waals surface area contributed by atoms with Crippen molar-refractivity contribution in [1.82, 2.24) is 5.32 Å². The maximum Gasteiger partial charge on any atom is 0.00989 e. The van der Waals surface area contributed by atoms with Crippen LogP contribution in [0.15, 0.2) is 0 Å². The normalized spacial score (nSPS) is 47.8. The summed E-state index contributed by atoms with van der Waals surface area (Å²) in [4.78, 5) is 0. The van der Waals surface area contributed by atoms with Crippen LogP contribution in [-0.4, -0.2) is 12.1 Å². The van der Waals surface area contributed by atoms with Crippen LogP contribution in [0.3, 0.4) is 0 Å². The summed E-state index contributed by atoms with van der Waals surface area (Å²) in [5.41, 5.74) is 0.660. The highest BCUT2D eigenvalue weighted by Crippen LogP contribution is 2.40. The third kappa shape index (κ3) is 2.31. The molecule has 0 radical (unpaired) electrons. The van der Waals surface area contributed by atoms with Crippen LogP contribution in [0.5, 0.6) is 0 Å². The van der Waals surface area contributed by atoms with Crippen LogP contribution in [0.25, 0.3) is 0 Å². The minimum Gasteiger partial charge on any atom is -0.311 e. The molecule has 0 bridgehead atoms. The summed E-state index contributed by atoms with van der Waals surface area (Å²) in [6.07, 6.45) is 8.47. The van der Waals surface area contributed by atoms with Gasteiger partial charge >= 0.3 is 0 Å². The van der Waals surface area contributed by atoms with Gasteiger partial charge in [0.1, 0.15) is 0 Å². The molecule has 2 saturated carbocycles. The van der Waals surface area contributed by atoms with E-state index in [0.717, 1.165) is 18.0 Å². The molecule has 2 fully saturated rings. The summed E-state index contributed by atoms with van der Waals surface area (Å²) in [5, 5.41) is 3.80. The smallest absolute Gasteiger partial charge is 0.00989 e. The lowest BCUT2D eigenvalue weighted by atomic mass is 9.72. The molecule has 0 heterocycles. The van der Waals surface area contributed by atoms with Crippen molar-refractivity contribution in [2.24, 2.45) is 11.3 Å². The Kier molecular flexibility index (Phi) is 2.88. The van der Waals surface area contributed by atoms with Gasteiger partial charge in [0.15, 0.2) is 0 Å². The number of rotatable bonds is 3. The average Bonchev–Trinajstić information content (AvgIpc) is 2.87. The molecular weight excluding hydrogens is 170 g/mol. The monoisotopic (exact) mass is 195 g/mol. The second-order valence-corrected chi connectivity index (χ2v) is 5.92. The van der Waals surface area contributed by atoms with Crippen LogP contribution in [-0.2, 0) is 0 Å². The van der Waals surface area contributed by atoms with E-state index in [1.165, 1.54) is 38.5 Å². The lowest BCUT2D eigenvalue weighted by Gasteiger charge is -2.37. The summed E-state index contributed by atoms with van der Waals surface area (Å²) in [6, 6.07) is 1.70. The molecule has 0 aromatic rings. The number of hydrogen-bond donors (Lipinski definition) is 1. The van der Waals surface area contributed by atoms with E-state index in [1.807, 2.05) is 0 Å². The molecule has 0 aromatic carbocycles. The molecule has 0 aliphatic heterocycles. The fourth-order valence-electron chi connectivity index (χ4n) is 2.69. The van der Waals surface area contributed by atoms with Gasteiger partial charge in [-0.25, -0.2) is 0 Å². The Morgan fingerprint density at radius 2 is 1.86 bits per heavy atom. The lowest BCUT2D eigenvalue weighted by Crippen LogP contribution is -2.37. The molecule has 2 unspecified atom stereocenters. The Balaban J connectivity index is 1.73. The van der Waals surface area contributed by atoms with Crippen molar-refractivity contribution in [2.45, 2.75) is 71.4 Å². The van der Waals surface area contributed by atoms with Gasteiger partial charge in [-0.1, -0.05) is 27.2 Å². The Morgan fingerprint density at radius 3 is 2.29 bits per heavy atom. The zero-order valence-corrected chi connectivity index (χ0v) is 9.97. The molecule has 2 rings (SSSR count). The number of nitrogens with one attached hydrogen (secondary N) is 1. The molecule has 1 nitrogen and oxygen atoms in total. The first-order valence-corrected chi connectivity index (χ1v) is 6.39. The first-order chi connectivity index (χ1) is 6.63. The van der Waals surface area contributed by atoms with E-state index < -0.39 is 0 Å². The van der Waals surface area contributed by atoms with Gasteiger partial charge in [0, 0.05) is 12.1 Å². The third-order valence-electron chi connectivity index (χ3n) is 4.61. The summed E-state index contributed by atoms with van der Waals surface area (Å²) in [7, 11) is 0.